The minimum atomic E-state index is -0.309. The summed E-state index contributed by atoms with van der Waals surface area (Å²) in [5, 5.41) is 4.70. The number of carbonyl (C=O) groups is 2. The molecular formula is C27H29FN4O4. The van der Waals surface area contributed by atoms with Crippen molar-refractivity contribution in [1.29, 1.82) is 0 Å². The molecule has 0 unspecified atom stereocenters. The molecular weight excluding hydrogens is 463 g/mol. The van der Waals surface area contributed by atoms with Crippen LogP contribution in [0, 0.1) is 5.82 Å². The second-order valence-corrected chi connectivity index (χ2v) is 9.02. The number of aromatic nitrogens is 2. The minimum absolute atomic E-state index is 0.110. The molecule has 1 fully saturated rings. The zero-order valence-electron chi connectivity index (χ0n) is 20.5. The van der Waals surface area contributed by atoms with E-state index in [-0.39, 0.29) is 17.6 Å². The van der Waals surface area contributed by atoms with E-state index in [4.69, 9.17) is 14.6 Å². The first kappa shape index (κ1) is 23.8. The Morgan fingerprint density at radius 3 is 2.14 bits per heavy atom. The van der Waals surface area contributed by atoms with Gasteiger partial charge in [-0.05, 0) is 68.1 Å². The lowest BCUT2D eigenvalue weighted by Gasteiger charge is -2.34. The van der Waals surface area contributed by atoms with Gasteiger partial charge in [0.1, 0.15) is 5.82 Å². The van der Waals surface area contributed by atoms with Crippen LogP contribution >= 0.6 is 0 Å². The van der Waals surface area contributed by atoms with E-state index in [0.29, 0.717) is 48.9 Å². The standard InChI is InChI=1S/C27H29FN4O4/c1-35-23-12-7-18(17-24(23)36-2)26(33)30-13-15-31(16-14-30)27(34)25-21-5-3-4-6-22(21)32(29-25)20-10-8-19(28)9-11-20/h7-12,17H,3-6,13-16H2,1-2H3. The molecule has 1 aliphatic heterocycles. The smallest absolute Gasteiger partial charge is 0.274 e. The molecule has 2 aliphatic rings. The monoisotopic (exact) mass is 492 g/mol. The van der Waals surface area contributed by atoms with Gasteiger partial charge in [0.05, 0.1) is 19.9 Å². The molecule has 0 radical (unpaired) electrons. The minimum Gasteiger partial charge on any atom is -0.493 e. The Hall–Kier alpha value is -3.88. The number of rotatable bonds is 5. The van der Waals surface area contributed by atoms with Crippen molar-refractivity contribution in [1.82, 2.24) is 19.6 Å². The van der Waals surface area contributed by atoms with E-state index in [2.05, 4.69) is 0 Å². The van der Waals surface area contributed by atoms with E-state index in [1.54, 1.807) is 51.9 Å². The van der Waals surface area contributed by atoms with Crippen LogP contribution < -0.4 is 9.47 Å². The lowest BCUT2D eigenvalue weighted by Crippen LogP contribution is -2.50. The van der Waals surface area contributed by atoms with Crippen LogP contribution in [0.25, 0.3) is 5.69 Å². The van der Waals surface area contributed by atoms with Crippen LogP contribution in [-0.4, -0.2) is 71.8 Å². The third-order valence-electron chi connectivity index (χ3n) is 6.94. The molecule has 0 saturated carbocycles. The Labute approximate surface area is 209 Å². The molecule has 0 bridgehead atoms. The van der Waals surface area contributed by atoms with Crippen molar-refractivity contribution in [2.24, 2.45) is 0 Å². The van der Waals surface area contributed by atoms with Crippen LogP contribution in [0.5, 0.6) is 11.5 Å². The molecule has 0 atom stereocenters. The van der Waals surface area contributed by atoms with Gasteiger partial charge in [0, 0.05) is 43.0 Å². The van der Waals surface area contributed by atoms with Crippen LogP contribution in [0.3, 0.4) is 0 Å². The quantitative estimate of drug-likeness (QED) is 0.545. The zero-order valence-corrected chi connectivity index (χ0v) is 20.5. The van der Waals surface area contributed by atoms with Crippen molar-refractivity contribution in [3.8, 4) is 17.2 Å². The fraction of sp³-hybridized carbons (Fsp3) is 0.370. The molecule has 5 rings (SSSR count). The summed E-state index contributed by atoms with van der Waals surface area (Å²) < 4.78 is 25.8. The maximum Gasteiger partial charge on any atom is 0.274 e. The number of piperazine rings is 1. The molecule has 1 aliphatic carbocycles. The van der Waals surface area contributed by atoms with Gasteiger partial charge in [-0.3, -0.25) is 9.59 Å². The van der Waals surface area contributed by atoms with Gasteiger partial charge in [0.25, 0.3) is 11.8 Å². The molecule has 0 N–H and O–H groups in total. The molecule has 1 saturated heterocycles. The molecule has 0 spiro atoms. The molecule has 2 heterocycles. The molecule has 2 amide bonds. The number of fused-ring (bicyclic) bond motifs is 1. The number of nitrogens with zero attached hydrogens (tertiary/aromatic N) is 4. The van der Waals surface area contributed by atoms with E-state index in [1.165, 1.54) is 19.2 Å². The van der Waals surface area contributed by atoms with Gasteiger partial charge in [0.15, 0.2) is 17.2 Å². The third-order valence-corrected chi connectivity index (χ3v) is 6.94. The van der Waals surface area contributed by atoms with Crippen molar-refractivity contribution >= 4 is 11.8 Å². The van der Waals surface area contributed by atoms with Gasteiger partial charge in [-0.15, -0.1) is 0 Å². The highest BCUT2D eigenvalue weighted by molar-refractivity contribution is 5.96. The van der Waals surface area contributed by atoms with Crippen molar-refractivity contribution in [3.05, 3.63) is 70.8 Å². The number of halogens is 1. The number of ether oxygens (including phenoxy) is 2. The summed E-state index contributed by atoms with van der Waals surface area (Å²) in [7, 11) is 3.09. The van der Waals surface area contributed by atoms with Crippen LogP contribution in [0.1, 0.15) is 44.9 Å². The highest BCUT2D eigenvalue weighted by Gasteiger charge is 2.31. The average Bonchev–Trinajstić information content (AvgIpc) is 3.32. The lowest BCUT2D eigenvalue weighted by atomic mass is 9.95. The number of amides is 2. The molecule has 8 nitrogen and oxygen atoms in total. The topological polar surface area (TPSA) is 76.9 Å². The average molecular weight is 493 g/mol. The highest BCUT2D eigenvalue weighted by atomic mass is 19.1. The highest BCUT2D eigenvalue weighted by Crippen LogP contribution is 2.30. The predicted octanol–water partition coefficient (Wildman–Crippen LogP) is 3.51. The molecule has 3 aromatic rings. The molecule has 36 heavy (non-hydrogen) atoms. The largest absolute Gasteiger partial charge is 0.493 e. The second-order valence-electron chi connectivity index (χ2n) is 9.02. The van der Waals surface area contributed by atoms with Gasteiger partial charge >= 0.3 is 0 Å². The summed E-state index contributed by atoms with van der Waals surface area (Å²) in [6.45, 7) is 1.71. The maximum atomic E-state index is 13.5. The predicted molar refractivity (Wildman–Crippen MR) is 132 cm³/mol. The Morgan fingerprint density at radius 1 is 0.833 bits per heavy atom. The first-order chi connectivity index (χ1) is 17.5. The van der Waals surface area contributed by atoms with Gasteiger partial charge in [-0.1, -0.05) is 0 Å². The number of carbonyl (C=O) groups excluding carboxylic acids is 2. The van der Waals surface area contributed by atoms with Gasteiger partial charge < -0.3 is 19.3 Å². The number of benzene rings is 2. The molecule has 1 aromatic heterocycles. The Kier molecular flexibility index (Phi) is 6.63. The van der Waals surface area contributed by atoms with Gasteiger partial charge in [0.2, 0.25) is 0 Å². The van der Waals surface area contributed by atoms with E-state index in [0.717, 1.165) is 42.6 Å². The summed E-state index contributed by atoms with van der Waals surface area (Å²) in [6.07, 6.45) is 3.68. The second kappa shape index (κ2) is 10.0. The summed E-state index contributed by atoms with van der Waals surface area (Å²) >= 11 is 0. The first-order valence-corrected chi connectivity index (χ1v) is 12.2. The maximum absolute atomic E-state index is 13.5. The molecule has 9 heteroatoms. The SMILES string of the molecule is COc1ccc(C(=O)N2CCN(C(=O)c3nn(-c4ccc(F)cc4)c4c3CCCC4)CC2)cc1OC. The Bertz CT molecular complexity index is 1280. The van der Waals surface area contributed by atoms with E-state index in [1.807, 2.05) is 0 Å². The van der Waals surface area contributed by atoms with Crippen molar-refractivity contribution in [2.75, 3.05) is 40.4 Å². The van der Waals surface area contributed by atoms with Crippen molar-refractivity contribution < 1.29 is 23.5 Å². The zero-order chi connectivity index (χ0) is 25.2. The number of hydrogen-bond donors (Lipinski definition) is 0. The van der Waals surface area contributed by atoms with Crippen LogP contribution in [-0.2, 0) is 12.8 Å². The van der Waals surface area contributed by atoms with E-state index in [9.17, 15) is 14.0 Å². The Morgan fingerprint density at radius 2 is 1.47 bits per heavy atom. The van der Waals surface area contributed by atoms with Crippen molar-refractivity contribution in [2.45, 2.75) is 25.7 Å². The lowest BCUT2D eigenvalue weighted by molar-refractivity contribution is 0.0531. The number of methoxy groups -OCH3 is 2. The van der Waals surface area contributed by atoms with Crippen LogP contribution in [0.15, 0.2) is 42.5 Å². The first-order valence-electron chi connectivity index (χ1n) is 12.2. The van der Waals surface area contributed by atoms with Gasteiger partial charge in [-0.25, -0.2) is 9.07 Å². The van der Waals surface area contributed by atoms with Crippen LogP contribution in [0.4, 0.5) is 4.39 Å². The molecule has 188 valence electrons. The van der Waals surface area contributed by atoms with Gasteiger partial charge in [-0.2, -0.15) is 5.10 Å². The normalized spacial score (nSPS) is 15.4. The third kappa shape index (κ3) is 4.41. The summed E-state index contributed by atoms with van der Waals surface area (Å²) in [4.78, 5) is 30.1. The fourth-order valence-electron chi connectivity index (χ4n) is 4.98. The van der Waals surface area contributed by atoms with E-state index < -0.39 is 0 Å². The van der Waals surface area contributed by atoms with Crippen LogP contribution in [0.2, 0.25) is 0 Å². The summed E-state index contributed by atoms with van der Waals surface area (Å²) in [6, 6.07) is 11.3. The Balaban J connectivity index is 1.31. The molecule has 2 aromatic carbocycles. The fourth-order valence-corrected chi connectivity index (χ4v) is 4.98. The van der Waals surface area contributed by atoms with E-state index >= 15 is 0 Å². The van der Waals surface area contributed by atoms with Crippen molar-refractivity contribution in [3.63, 3.8) is 0 Å². The summed E-state index contributed by atoms with van der Waals surface area (Å²) in [5.41, 5.74) is 3.74. The summed E-state index contributed by atoms with van der Waals surface area (Å²) in [5.74, 6) is 0.524. The number of hydrogen-bond acceptors (Lipinski definition) is 5.